The molecule has 0 radical (unpaired) electrons. The third-order valence-corrected chi connectivity index (χ3v) is 8.66. The van der Waals surface area contributed by atoms with Crippen LogP contribution < -0.4 is 4.74 Å². The number of rotatable bonds is 21. The minimum Gasteiger partial charge on any atom is -0.494 e. The highest BCUT2D eigenvalue weighted by molar-refractivity contribution is 5.97. The van der Waals surface area contributed by atoms with Crippen LogP contribution >= 0.6 is 0 Å². The molecule has 5 nitrogen and oxygen atoms in total. The first-order valence-electron chi connectivity index (χ1n) is 17.1. The van der Waals surface area contributed by atoms with E-state index in [4.69, 9.17) is 9.47 Å². The summed E-state index contributed by atoms with van der Waals surface area (Å²) in [7, 11) is 0. The Morgan fingerprint density at radius 2 is 1.43 bits per heavy atom. The van der Waals surface area contributed by atoms with Crippen LogP contribution in [0.2, 0.25) is 0 Å². The third-order valence-electron chi connectivity index (χ3n) is 8.66. The van der Waals surface area contributed by atoms with Gasteiger partial charge in [0.2, 0.25) is 0 Å². The number of carbonyl (C=O) groups is 2. The van der Waals surface area contributed by atoms with Crippen molar-refractivity contribution in [3.05, 3.63) is 83.4 Å². The van der Waals surface area contributed by atoms with E-state index in [1.165, 1.54) is 70.6 Å². The van der Waals surface area contributed by atoms with Crippen molar-refractivity contribution < 1.29 is 24.2 Å². The Bertz CT molecular complexity index is 1210. The number of carboxylic acids is 1. The van der Waals surface area contributed by atoms with E-state index in [2.05, 4.69) is 6.92 Å². The van der Waals surface area contributed by atoms with Crippen molar-refractivity contribution in [2.45, 2.75) is 129 Å². The zero-order chi connectivity index (χ0) is 31.6. The van der Waals surface area contributed by atoms with E-state index in [1.54, 1.807) is 30.3 Å². The zero-order valence-corrected chi connectivity index (χ0v) is 27.3. The summed E-state index contributed by atoms with van der Waals surface area (Å²) in [6.07, 6.45) is 23.1. The minimum absolute atomic E-state index is 0.230. The van der Waals surface area contributed by atoms with Crippen LogP contribution in [0, 0.1) is 0 Å². The highest BCUT2D eigenvalue weighted by Gasteiger charge is 2.41. The van der Waals surface area contributed by atoms with Crippen molar-refractivity contribution in [1.29, 1.82) is 0 Å². The molecule has 0 saturated heterocycles. The maximum absolute atomic E-state index is 13.0. The predicted molar refractivity (Wildman–Crippen MR) is 180 cm³/mol. The van der Waals surface area contributed by atoms with Gasteiger partial charge in [-0.2, -0.15) is 0 Å². The summed E-state index contributed by atoms with van der Waals surface area (Å²) in [6.45, 7) is 6.89. The Morgan fingerprint density at radius 1 is 0.818 bits per heavy atom. The molecule has 0 aromatic heterocycles. The Morgan fingerprint density at radius 3 is 2.00 bits per heavy atom. The van der Waals surface area contributed by atoms with Gasteiger partial charge in [-0.05, 0) is 61.1 Å². The molecule has 0 aliphatic heterocycles. The van der Waals surface area contributed by atoms with Gasteiger partial charge in [0, 0.05) is 0 Å². The van der Waals surface area contributed by atoms with Crippen LogP contribution in [0.5, 0.6) is 5.75 Å². The van der Waals surface area contributed by atoms with Crippen LogP contribution in [-0.4, -0.2) is 29.8 Å². The molecule has 2 aromatic rings. The lowest BCUT2D eigenvalue weighted by atomic mass is 9.72. The quantitative estimate of drug-likeness (QED) is 0.114. The Kier molecular flexibility index (Phi) is 15.3. The smallest absolute Gasteiger partial charge is 0.338 e. The summed E-state index contributed by atoms with van der Waals surface area (Å²) >= 11 is 0. The molecule has 0 amide bonds. The van der Waals surface area contributed by atoms with Gasteiger partial charge in [-0.15, -0.1) is 0 Å². The predicted octanol–water partition coefficient (Wildman–Crippen LogP) is 10.5. The largest absolute Gasteiger partial charge is 0.494 e. The molecule has 0 fully saturated rings. The molecule has 2 unspecified atom stereocenters. The second-order valence-electron chi connectivity index (χ2n) is 12.3. The average molecular weight is 603 g/mol. The van der Waals surface area contributed by atoms with Gasteiger partial charge in [0.25, 0.3) is 0 Å². The van der Waals surface area contributed by atoms with Gasteiger partial charge < -0.3 is 14.6 Å². The molecular weight excluding hydrogens is 548 g/mol. The lowest BCUT2D eigenvalue weighted by molar-refractivity contribution is -0.141. The second kappa shape index (κ2) is 19.1. The van der Waals surface area contributed by atoms with E-state index in [0.29, 0.717) is 11.1 Å². The minimum atomic E-state index is -1.34. The fraction of sp³-hybridized carbons (Fsp3) is 0.538. The van der Waals surface area contributed by atoms with E-state index in [0.717, 1.165) is 42.8 Å². The van der Waals surface area contributed by atoms with Gasteiger partial charge in [-0.1, -0.05) is 139 Å². The lowest BCUT2D eigenvalue weighted by Gasteiger charge is -2.30. The normalized spacial score (nSPS) is 16.8. The monoisotopic (exact) mass is 602 g/mol. The summed E-state index contributed by atoms with van der Waals surface area (Å²) in [4.78, 5) is 25.7. The summed E-state index contributed by atoms with van der Waals surface area (Å²) in [5.41, 5.74) is 1.36. The van der Waals surface area contributed by atoms with E-state index in [-0.39, 0.29) is 12.5 Å². The van der Waals surface area contributed by atoms with E-state index >= 15 is 0 Å². The van der Waals surface area contributed by atoms with Crippen molar-refractivity contribution in [2.24, 2.45) is 0 Å². The topological polar surface area (TPSA) is 72.8 Å². The molecule has 1 aliphatic carbocycles. The standard InChI is InChI=1S/C39H54O5/c1-4-6-7-8-9-10-11-12-13-14-15-18-30-43-34-24-22-32(23-25-34)33-26-28-39(29-27-33,38(41)42)36-21-17-16-20-35(36)37(40)44-31(3)19-5-2/h16-17,20-28,31H,4-15,18-19,29-30H2,1-3H3,(H,41,42). The van der Waals surface area contributed by atoms with Crippen LogP contribution in [0.15, 0.2) is 66.8 Å². The summed E-state index contributed by atoms with van der Waals surface area (Å²) < 4.78 is 11.6. The van der Waals surface area contributed by atoms with Crippen molar-refractivity contribution in [1.82, 2.24) is 0 Å². The van der Waals surface area contributed by atoms with Crippen molar-refractivity contribution in [3.8, 4) is 5.75 Å². The molecule has 3 rings (SSSR count). The summed E-state index contributed by atoms with van der Waals surface area (Å²) in [5, 5.41) is 10.4. The van der Waals surface area contributed by atoms with E-state index < -0.39 is 17.4 Å². The van der Waals surface area contributed by atoms with Crippen molar-refractivity contribution in [2.75, 3.05) is 6.61 Å². The highest BCUT2D eigenvalue weighted by atomic mass is 16.5. The number of ether oxygens (including phenoxy) is 2. The van der Waals surface area contributed by atoms with Gasteiger partial charge in [-0.25, -0.2) is 4.79 Å². The third kappa shape index (κ3) is 10.7. The fourth-order valence-electron chi connectivity index (χ4n) is 5.97. The molecular formula is C39H54O5. The van der Waals surface area contributed by atoms with Gasteiger partial charge in [-0.3, -0.25) is 4.79 Å². The first-order valence-corrected chi connectivity index (χ1v) is 17.1. The molecule has 0 bridgehead atoms. The van der Waals surface area contributed by atoms with Crippen LogP contribution in [0.1, 0.15) is 139 Å². The van der Waals surface area contributed by atoms with Crippen molar-refractivity contribution >= 4 is 17.5 Å². The Hall–Kier alpha value is -3.34. The maximum atomic E-state index is 13.0. The Labute approximate surface area is 265 Å². The molecule has 1 aliphatic rings. The van der Waals surface area contributed by atoms with Gasteiger partial charge in [0.1, 0.15) is 11.2 Å². The van der Waals surface area contributed by atoms with E-state index in [9.17, 15) is 14.7 Å². The van der Waals surface area contributed by atoms with Crippen LogP contribution in [-0.2, 0) is 14.9 Å². The lowest BCUT2D eigenvalue weighted by Crippen LogP contribution is -2.36. The molecule has 0 heterocycles. The number of hydrogen-bond acceptors (Lipinski definition) is 4. The number of carboxylic acid groups (broad SMARTS) is 1. The maximum Gasteiger partial charge on any atom is 0.338 e. The van der Waals surface area contributed by atoms with Crippen molar-refractivity contribution in [3.63, 3.8) is 0 Å². The number of benzene rings is 2. The second-order valence-corrected chi connectivity index (χ2v) is 12.3. The first-order chi connectivity index (χ1) is 21.4. The van der Waals surface area contributed by atoms with E-state index in [1.807, 2.05) is 50.3 Å². The number of esters is 1. The summed E-state index contributed by atoms with van der Waals surface area (Å²) in [6, 6.07) is 14.9. The molecule has 0 saturated carbocycles. The molecule has 5 heteroatoms. The average Bonchev–Trinajstić information content (AvgIpc) is 3.03. The zero-order valence-electron chi connectivity index (χ0n) is 27.3. The molecule has 240 valence electrons. The van der Waals surface area contributed by atoms with Gasteiger partial charge >= 0.3 is 11.9 Å². The van der Waals surface area contributed by atoms with Crippen LogP contribution in [0.4, 0.5) is 0 Å². The SMILES string of the molecule is CCCCCCCCCCCCCCOc1ccc(C2=CCC(C(=O)O)(c3ccccc3C(=O)OC(C)CCC)C=C2)cc1. The molecule has 44 heavy (non-hydrogen) atoms. The summed E-state index contributed by atoms with van der Waals surface area (Å²) in [5.74, 6) is -0.626. The van der Waals surface area contributed by atoms with Gasteiger partial charge in [0.05, 0.1) is 18.3 Å². The van der Waals surface area contributed by atoms with Gasteiger partial charge in [0.15, 0.2) is 0 Å². The number of hydrogen-bond donors (Lipinski definition) is 1. The number of aliphatic carboxylic acids is 1. The molecule has 1 N–H and O–H groups in total. The number of carbonyl (C=O) groups excluding carboxylic acids is 1. The fourth-order valence-corrected chi connectivity index (χ4v) is 5.97. The number of unbranched alkanes of at least 4 members (excludes halogenated alkanes) is 11. The molecule has 2 atom stereocenters. The highest BCUT2D eigenvalue weighted by Crippen LogP contribution is 2.39. The van der Waals surface area contributed by atoms with Crippen LogP contribution in [0.25, 0.3) is 5.57 Å². The first kappa shape index (κ1) is 35.1. The van der Waals surface area contributed by atoms with Crippen LogP contribution in [0.3, 0.4) is 0 Å². The Balaban J connectivity index is 1.47. The molecule has 0 spiro atoms. The number of allylic oxidation sites excluding steroid dienone is 3. The molecule has 2 aromatic carbocycles.